The largest absolute Gasteiger partial charge is 0.282 e. The number of carbonyl (C=O) groups is 2. The van der Waals surface area contributed by atoms with Crippen LogP contribution in [0, 0.1) is 16.0 Å². The van der Waals surface area contributed by atoms with E-state index in [4.69, 9.17) is 5.84 Å². The van der Waals surface area contributed by atoms with Crippen LogP contribution in [-0.4, -0.2) is 21.7 Å². The van der Waals surface area contributed by atoms with Crippen molar-refractivity contribution >= 4 is 17.5 Å². The Labute approximate surface area is 103 Å². The minimum absolute atomic E-state index is 0.209. The van der Waals surface area contributed by atoms with Gasteiger partial charge < -0.3 is 0 Å². The number of nitro benzene ring substituents is 1. The van der Waals surface area contributed by atoms with Crippen molar-refractivity contribution in [1.29, 1.82) is 0 Å². The number of nitro groups is 1. The number of benzene rings is 1. The minimum Gasteiger partial charge on any atom is -0.273 e. The number of hydrogen-bond acceptors (Lipinski definition) is 5. The molecule has 7 nitrogen and oxygen atoms in total. The molecule has 0 spiro atoms. The van der Waals surface area contributed by atoms with E-state index >= 15 is 0 Å². The second-order valence-corrected chi connectivity index (χ2v) is 3.94. The Hall–Kier alpha value is -2.28. The number of imide groups is 1. The number of hydrazine groups is 1. The zero-order valence-corrected chi connectivity index (χ0v) is 9.99. The zero-order chi connectivity index (χ0) is 13.9. The lowest BCUT2D eigenvalue weighted by molar-refractivity contribution is -0.385. The van der Waals surface area contributed by atoms with Crippen LogP contribution in [0.5, 0.6) is 0 Å². The van der Waals surface area contributed by atoms with E-state index in [0.29, 0.717) is 5.01 Å². The van der Waals surface area contributed by atoms with E-state index in [0.717, 1.165) is 0 Å². The maximum absolute atomic E-state index is 11.9. The number of hydrogen-bond donors (Lipinski definition) is 1. The van der Waals surface area contributed by atoms with Crippen LogP contribution in [-0.2, 0) is 4.79 Å². The predicted molar refractivity (Wildman–Crippen MR) is 63.3 cm³/mol. The number of rotatable bonds is 3. The zero-order valence-electron chi connectivity index (χ0n) is 9.99. The Bertz CT molecular complexity index is 499. The lowest BCUT2D eigenvalue weighted by atomic mass is 10.1. The molecule has 1 aromatic rings. The van der Waals surface area contributed by atoms with Gasteiger partial charge in [-0.2, -0.15) is 0 Å². The summed E-state index contributed by atoms with van der Waals surface area (Å²) in [5.41, 5.74) is -0.589. The Morgan fingerprint density at radius 2 is 1.89 bits per heavy atom. The third-order valence-corrected chi connectivity index (χ3v) is 2.28. The van der Waals surface area contributed by atoms with Crippen LogP contribution in [0.3, 0.4) is 0 Å². The minimum atomic E-state index is -0.888. The number of para-hydroxylation sites is 1. The molecule has 0 aliphatic rings. The molecule has 18 heavy (non-hydrogen) atoms. The maximum atomic E-state index is 11.9. The van der Waals surface area contributed by atoms with Gasteiger partial charge in [0.25, 0.3) is 11.6 Å². The van der Waals surface area contributed by atoms with E-state index in [9.17, 15) is 19.7 Å². The molecule has 0 unspecified atom stereocenters. The van der Waals surface area contributed by atoms with E-state index in [1.165, 1.54) is 24.3 Å². The first-order chi connectivity index (χ1) is 8.36. The summed E-state index contributed by atoms with van der Waals surface area (Å²) in [4.78, 5) is 33.5. The standard InChI is InChI=1S/C11H13N3O4/c1-7(2)10(15)13(12)11(16)8-5-3-4-6-9(8)14(17)18/h3-7H,12H2,1-2H3. The Morgan fingerprint density at radius 3 is 2.39 bits per heavy atom. The van der Waals surface area contributed by atoms with E-state index in [1.54, 1.807) is 13.8 Å². The number of amides is 2. The molecule has 0 radical (unpaired) electrons. The molecule has 1 aromatic carbocycles. The fourth-order valence-corrected chi connectivity index (χ4v) is 1.32. The fraction of sp³-hybridized carbons (Fsp3) is 0.273. The van der Waals surface area contributed by atoms with Crippen LogP contribution in [0.1, 0.15) is 24.2 Å². The summed E-state index contributed by atoms with van der Waals surface area (Å²) in [7, 11) is 0. The van der Waals surface area contributed by atoms with Gasteiger partial charge in [-0.3, -0.25) is 19.7 Å². The molecule has 96 valence electrons. The van der Waals surface area contributed by atoms with Crippen molar-refractivity contribution < 1.29 is 14.5 Å². The Morgan fingerprint density at radius 1 is 1.33 bits per heavy atom. The topological polar surface area (TPSA) is 107 Å². The predicted octanol–water partition coefficient (Wildman–Crippen LogP) is 1.09. The third kappa shape index (κ3) is 2.69. The number of nitrogens with two attached hydrogens (primary N) is 1. The summed E-state index contributed by atoms with van der Waals surface area (Å²) in [5.74, 6) is 3.42. The lowest BCUT2D eigenvalue weighted by Crippen LogP contribution is -2.44. The molecule has 0 fully saturated rings. The SMILES string of the molecule is CC(C)C(=O)N(N)C(=O)c1ccccc1[N+](=O)[O-]. The van der Waals surface area contributed by atoms with Gasteiger partial charge in [-0.15, -0.1) is 0 Å². The smallest absolute Gasteiger partial charge is 0.273 e. The Kier molecular flexibility index (Phi) is 4.11. The van der Waals surface area contributed by atoms with Crippen LogP contribution < -0.4 is 5.84 Å². The number of nitrogens with zero attached hydrogens (tertiary/aromatic N) is 2. The van der Waals surface area contributed by atoms with E-state index in [1.807, 2.05) is 0 Å². The normalized spacial score (nSPS) is 10.2. The molecule has 1 rings (SSSR count). The van der Waals surface area contributed by atoms with Gasteiger partial charge in [-0.05, 0) is 6.07 Å². The summed E-state index contributed by atoms with van der Waals surface area (Å²) >= 11 is 0. The molecule has 2 N–H and O–H groups in total. The second kappa shape index (κ2) is 5.37. The first-order valence-corrected chi connectivity index (χ1v) is 5.22. The lowest BCUT2D eigenvalue weighted by Gasteiger charge is -2.16. The fourth-order valence-electron chi connectivity index (χ4n) is 1.32. The molecule has 0 saturated carbocycles. The van der Waals surface area contributed by atoms with Gasteiger partial charge in [0, 0.05) is 12.0 Å². The van der Waals surface area contributed by atoms with Gasteiger partial charge >= 0.3 is 0 Å². The van der Waals surface area contributed by atoms with Crippen LogP contribution >= 0.6 is 0 Å². The summed E-state index contributed by atoms with van der Waals surface area (Å²) in [6, 6.07) is 5.34. The van der Waals surface area contributed by atoms with Crippen molar-refractivity contribution in [2.45, 2.75) is 13.8 Å². The highest BCUT2D eigenvalue weighted by molar-refractivity contribution is 6.06. The molecular weight excluding hydrogens is 238 g/mol. The molecule has 0 heterocycles. The van der Waals surface area contributed by atoms with Gasteiger partial charge in [-0.1, -0.05) is 26.0 Å². The molecule has 0 aliphatic heterocycles. The first kappa shape index (κ1) is 13.8. The monoisotopic (exact) mass is 251 g/mol. The molecule has 0 aromatic heterocycles. The van der Waals surface area contributed by atoms with Gasteiger partial charge in [-0.25, -0.2) is 10.9 Å². The molecule has 0 atom stereocenters. The third-order valence-electron chi connectivity index (χ3n) is 2.28. The molecule has 2 amide bonds. The van der Waals surface area contributed by atoms with Crippen LogP contribution in [0.25, 0.3) is 0 Å². The van der Waals surface area contributed by atoms with Crippen molar-refractivity contribution in [3.05, 3.63) is 39.9 Å². The maximum Gasteiger partial charge on any atom is 0.282 e. The summed E-state index contributed by atoms with van der Waals surface area (Å²) in [6.45, 7) is 3.16. The highest BCUT2D eigenvalue weighted by Crippen LogP contribution is 2.19. The van der Waals surface area contributed by atoms with E-state index < -0.39 is 22.7 Å². The van der Waals surface area contributed by atoms with Gasteiger partial charge in [0.1, 0.15) is 5.56 Å². The Balaban J connectivity index is 3.12. The van der Waals surface area contributed by atoms with Crippen molar-refractivity contribution in [3.63, 3.8) is 0 Å². The molecule has 7 heteroatoms. The van der Waals surface area contributed by atoms with E-state index in [2.05, 4.69) is 0 Å². The van der Waals surface area contributed by atoms with E-state index in [-0.39, 0.29) is 11.3 Å². The quantitative estimate of drug-likeness (QED) is 0.374. The molecule has 0 aliphatic carbocycles. The number of carbonyl (C=O) groups excluding carboxylic acids is 2. The second-order valence-electron chi connectivity index (χ2n) is 3.94. The van der Waals surface area contributed by atoms with Crippen LogP contribution in [0.2, 0.25) is 0 Å². The summed E-state index contributed by atoms with van der Waals surface area (Å²) < 4.78 is 0. The first-order valence-electron chi connectivity index (χ1n) is 5.22. The van der Waals surface area contributed by atoms with Crippen molar-refractivity contribution in [2.24, 2.45) is 11.8 Å². The van der Waals surface area contributed by atoms with Crippen LogP contribution in [0.4, 0.5) is 5.69 Å². The van der Waals surface area contributed by atoms with Crippen molar-refractivity contribution in [2.75, 3.05) is 0 Å². The average molecular weight is 251 g/mol. The van der Waals surface area contributed by atoms with Crippen molar-refractivity contribution in [1.82, 2.24) is 5.01 Å². The summed E-state index contributed by atoms with van der Waals surface area (Å²) in [5, 5.41) is 11.2. The highest BCUT2D eigenvalue weighted by atomic mass is 16.6. The summed E-state index contributed by atoms with van der Waals surface area (Å²) in [6.07, 6.45) is 0. The van der Waals surface area contributed by atoms with Gasteiger partial charge in [0.2, 0.25) is 5.91 Å². The van der Waals surface area contributed by atoms with Gasteiger partial charge in [0.05, 0.1) is 4.92 Å². The molecule has 0 bridgehead atoms. The molecular formula is C11H13N3O4. The average Bonchev–Trinajstić information content (AvgIpc) is 2.35. The van der Waals surface area contributed by atoms with Crippen molar-refractivity contribution in [3.8, 4) is 0 Å². The van der Waals surface area contributed by atoms with Gasteiger partial charge in [0.15, 0.2) is 0 Å². The van der Waals surface area contributed by atoms with Crippen LogP contribution in [0.15, 0.2) is 24.3 Å². The molecule has 0 saturated heterocycles. The highest BCUT2D eigenvalue weighted by Gasteiger charge is 2.27.